The summed E-state index contributed by atoms with van der Waals surface area (Å²) in [5.41, 5.74) is -1.21. The number of carbonyl (C=O) groups is 2. The largest absolute Gasteiger partial charge is 0.480 e. The highest BCUT2D eigenvalue weighted by Crippen LogP contribution is 2.14. The van der Waals surface area contributed by atoms with Crippen LogP contribution in [-0.4, -0.2) is 40.6 Å². The summed E-state index contributed by atoms with van der Waals surface area (Å²) >= 11 is 1.64. The molecule has 19 heavy (non-hydrogen) atoms. The van der Waals surface area contributed by atoms with E-state index in [0.29, 0.717) is 13.1 Å². The maximum atomic E-state index is 12.0. The summed E-state index contributed by atoms with van der Waals surface area (Å²) in [4.78, 5) is 25.7. The van der Waals surface area contributed by atoms with Crippen molar-refractivity contribution in [3.05, 3.63) is 22.4 Å². The Balaban J connectivity index is 2.52. The minimum atomic E-state index is -1.21. The lowest BCUT2D eigenvalue weighted by Gasteiger charge is -2.34. The summed E-state index contributed by atoms with van der Waals surface area (Å²) in [6.07, 6.45) is 0.758. The fourth-order valence-corrected chi connectivity index (χ4v) is 2.46. The number of urea groups is 1. The van der Waals surface area contributed by atoms with Crippen LogP contribution in [0.15, 0.2) is 17.5 Å². The van der Waals surface area contributed by atoms with Gasteiger partial charge in [0.15, 0.2) is 0 Å². The zero-order valence-electron chi connectivity index (χ0n) is 11.5. The summed E-state index contributed by atoms with van der Waals surface area (Å²) in [7, 11) is 0. The number of likely N-dealkylation sites (N-methyl/N-ethyl adjacent to an activating group) is 1. The number of rotatable bonds is 6. The maximum Gasteiger partial charge on any atom is 0.329 e. The molecule has 0 unspecified atom stereocenters. The van der Waals surface area contributed by atoms with Gasteiger partial charge in [0, 0.05) is 18.0 Å². The van der Waals surface area contributed by atoms with Crippen LogP contribution in [0.2, 0.25) is 0 Å². The van der Waals surface area contributed by atoms with E-state index in [1.165, 1.54) is 23.6 Å². The molecule has 1 aromatic heterocycles. The first-order valence-electron chi connectivity index (χ1n) is 6.20. The first kappa shape index (κ1) is 15.5. The van der Waals surface area contributed by atoms with E-state index in [-0.39, 0.29) is 6.03 Å². The molecule has 5 nitrogen and oxygen atoms in total. The van der Waals surface area contributed by atoms with Crippen LogP contribution < -0.4 is 5.32 Å². The number of amides is 2. The second-order valence-electron chi connectivity index (χ2n) is 4.67. The minimum absolute atomic E-state index is 0.341. The number of nitrogens with one attached hydrogen (secondary N) is 1. The van der Waals surface area contributed by atoms with Gasteiger partial charge >= 0.3 is 12.0 Å². The third-order valence-electron chi connectivity index (χ3n) is 2.99. The summed E-state index contributed by atoms with van der Waals surface area (Å²) in [6, 6.07) is 3.63. The predicted molar refractivity (Wildman–Crippen MR) is 75.5 cm³/mol. The molecule has 0 aliphatic rings. The van der Waals surface area contributed by atoms with Crippen LogP contribution in [0.3, 0.4) is 0 Å². The van der Waals surface area contributed by atoms with Crippen molar-refractivity contribution in [1.29, 1.82) is 0 Å². The van der Waals surface area contributed by atoms with Crippen LogP contribution in [0, 0.1) is 0 Å². The quantitative estimate of drug-likeness (QED) is 0.841. The van der Waals surface area contributed by atoms with E-state index in [2.05, 4.69) is 5.32 Å². The van der Waals surface area contributed by atoms with E-state index < -0.39 is 11.5 Å². The van der Waals surface area contributed by atoms with Crippen molar-refractivity contribution in [2.24, 2.45) is 0 Å². The number of carbonyl (C=O) groups excluding carboxylic acids is 1. The minimum Gasteiger partial charge on any atom is -0.480 e. The van der Waals surface area contributed by atoms with Crippen molar-refractivity contribution in [3.63, 3.8) is 0 Å². The van der Waals surface area contributed by atoms with Crippen LogP contribution >= 0.6 is 11.3 Å². The average molecular weight is 284 g/mol. The Morgan fingerprint density at radius 3 is 2.63 bits per heavy atom. The molecular weight excluding hydrogens is 264 g/mol. The normalized spacial score (nSPS) is 11.1. The molecule has 0 bridgehead atoms. The van der Waals surface area contributed by atoms with Crippen LogP contribution in [0.1, 0.15) is 25.6 Å². The first-order valence-corrected chi connectivity index (χ1v) is 7.08. The number of hydrogen-bond acceptors (Lipinski definition) is 3. The SMILES string of the molecule is CCN(C(=O)NCCc1cccs1)C(C)(C)C(=O)O. The highest BCUT2D eigenvalue weighted by Gasteiger charge is 2.36. The molecule has 0 aliphatic heterocycles. The molecule has 6 heteroatoms. The maximum absolute atomic E-state index is 12.0. The summed E-state index contributed by atoms with van der Waals surface area (Å²) in [6.45, 7) is 5.68. The van der Waals surface area contributed by atoms with Crippen LogP contribution in [0.4, 0.5) is 4.79 Å². The average Bonchev–Trinajstić information content (AvgIpc) is 2.82. The van der Waals surface area contributed by atoms with Gasteiger partial charge in [-0.25, -0.2) is 9.59 Å². The molecule has 0 radical (unpaired) electrons. The van der Waals surface area contributed by atoms with Gasteiger partial charge in [-0.1, -0.05) is 6.07 Å². The lowest BCUT2D eigenvalue weighted by molar-refractivity contribution is -0.147. The van der Waals surface area contributed by atoms with E-state index in [0.717, 1.165) is 6.42 Å². The van der Waals surface area contributed by atoms with Crippen molar-refractivity contribution in [1.82, 2.24) is 10.2 Å². The fraction of sp³-hybridized carbons (Fsp3) is 0.538. The van der Waals surface area contributed by atoms with Gasteiger partial charge in [-0.3, -0.25) is 0 Å². The van der Waals surface area contributed by atoms with Gasteiger partial charge in [-0.15, -0.1) is 11.3 Å². The highest BCUT2D eigenvalue weighted by atomic mass is 32.1. The second-order valence-corrected chi connectivity index (χ2v) is 5.70. The van der Waals surface area contributed by atoms with Gasteiger partial charge < -0.3 is 15.3 Å². The molecule has 0 atom stereocenters. The van der Waals surface area contributed by atoms with Crippen LogP contribution in [0.5, 0.6) is 0 Å². The molecule has 1 heterocycles. The molecule has 2 amide bonds. The molecule has 0 saturated heterocycles. The molecule has 1 aromatic rings. The summed E-state index contributed by atoms with van der Waals surface area (Å²) in [5.74, 6) is -1.01. The predicted octanol–water partition coefficient (Wildman–Crippen LogP) is 2.19. The standard InChI is InChI=1S/C13H20N2O3S/c1-4-15(13(2,3)11(16)17)12(18)14-8-7-10-6-5-9-19-10/h5-6,9H,4,7-8H2,1-3H3,(H,14,18)(H,16,17). The third-order valence-corrected chi connectivity index (χ3v) is 3.92. The second kappa shape index (κ2) is 6.56. The number of carboxylic acid groups (broad SMARTS) is 1. The number of thiophene rings is 1. The Hall–Kier alpha value is -1.56. The lowest BCUT2D eigenvalue weighted by Crippen LogP contribution is -2.56. The zero-order valence-corrected chi connectivity index (χ0v) is 12.3. The van der Waals surface area contributed by atoms with Gasteiger partial charge in [0.2, 0.25) is 0 Å². The van der Waals surface area contributed by atoms with Gasteiger partial charge in [-0.2, -0.15) is 0 Å². The molecule has 1 rings (SSSR count). The molecule has 0 aromatic carbocycles. The number of carboxylic acids is 1. The topological polar surface area (TPSA) is 69.6 Å². The first-order chi connectivity index (χ1) is 8.89. The molecular formula is C13H20N2O3S. The molecule has 0 spiro atoms. The molecule has 0 saturated carbocycles. The summed E-state index contributed by atoms with van der Waals surface area (Å²) < 4.78 is 0. The van der Waals surface area contributed by atoms with Crippen molar-refractivity contribution < 1.29 is 14.7 Å². The Morgan fingerprint density at radius 1 is 1.47 bits per heavy atom. The van der Waals surface area contributed by atoms with E-state index >= 15 is 0 Å². The number of nitrogens with zero attached hydrogens (tertiary/aromatic N) is 1. The fourth-order valence-electron chi connectivity index (χ4n) is 1.75. The van der Waals surface area contributed by atoms with Crippen LogP contribution in [-0.2, 0) is 11.2 Å². The Kier molecular flexibility index (Phi) is 5.35. The smallest absolute Gasteiger partial charge is 0.329 e. The van der Waals surface area contributed by atoms with E-state index in [9.17, 15) is 9.59 Å². The molecule has 0 aliphatic carbocycles. The van der Waals surface area contributed by atoms with E-state index in [4.69, 9.17) is 5.11 Å². The highest BCUT2D eigenvalue weighted by molar-refractivity contribution is 7.09. The van der Waals surface area contributed by atoms with Gasteiger partial charge in [0.25, 0.3) is 0 Å². The van der Waals surface area contributed by atoms with Crippen molar-refractivity contribution in [2.75, 3.05) is 13.1 Å². The van der Waals surface area contributed by atoms with Crippen molar-refractivity contribution >= 4 is 23.3 Å². The molecule has 106 valence electrons. The van der Waals surface area contributed by atoms with Crippen molar-refractivity contribution in [2.45, 2.75) is 32.7 Å². The number of aliphatic carboxylic acids is 1. The Morgan fingerprint density at radius 2 is 2.16 bits per heavy atom. The van der Waals surface area contributed by atoms with Gasteiger partial charge in [0.05, 0.1) is 0 Å². The third kappa shape index (κ3) is 3.96. The zero-order chi connectivity index (χ0) is 14.5. The van der Waals surface area contributed by atoms with E-state index in [1.807, 2.05) is 17.5 Å². The van der Waals surface area contributed by atoms with Crippen LogP contribution in [0.25, 0.3) is 0 Å². The van der Waals surface area contributed by atoms with Gasteiger partial charge in [0.1, 0.15) is 5.54 Å². The van der Waals surface area contributed by atoms with Crippen molar-refractivity contribution in [3.8, 4) is 0 Å². The lowest BCUT2D eigenvalue weighted by atomic mass is 10.0. The molecule has 2 N–H and O–H groups in total. The Labute approximate surface area is 117 Å². The van der Waals surface area contributed by atoms with E-state index in [1.54, 1.807) is 18.3 Å². The Bertz CT molecular complexity index is 429. The van der Waals surface area contributed by atoms with Gasteiger partial charge in [-0.05, 0) is 38.6 Å². The number of hydrogen-bond donors (Lipinski definition) is 2. The monoisotopic (exact) mass is 284 g/mol. The summed E-state index contributed by atoms with van der Waals surface area (Å²) in [5, 5.41) is 13.9. The molecule has 0 fully saturated rings.